The molecule has 2 N–H and O–H groups in total. The summed E-state index contributed by atoms with van der Waals surface area (Å²) in [5.74, 6) is 0.768. The van der Waals surface area contributed by atoms with E-state index in [1.807, 2.05) is 23.6 Å². The maximum atomic E-state index is 6.03. The molecule has 5 heteroatoms. The molecule has 3 aromatic heterocycles. The monoisotopic (exact) mass is 256 g/mol. The van der Waals surface area contributed by atoms with E-state index in [1.54, 1.807) is 28.4 Å². The Morgan fingerprint density at radius 2 is 2.17 bits per heavy atom. The smallest absolute Gasteiger partial charge is 0.153 e. The summed E-state index contributed by atoms with van der Waals surface area (Å²) in [5.41, 5.74) is 8.73. The number of aromatic nitrogens is 3. The van der Waals surface area contributed by atoms with Gasteiger partial charge in [-0.3, -0.25) is 0 Å². The maximum Gasteiger partial charge on any atom is 0.153 e. The van der Waals surface area contributed by atoms with Crippen molar-refractivity contribution in [1.29, 1.82) is 0 Å². The second-order valence-corrected chi connectivity index (χ2v) is 4.91. The van der Waals surface area contributed by atoms with Gasteiger partial charge in [0, 0.05) is 6.20 Å². The number of nitrogens with zero attached hydrogens (tertiary/aromatic N) is 3. The quantitative estimate of drug-likeness (QED) is 0.767. The number of anilines is 1. The summed E-state index contributed by atoms with van der Waals surface area (Å²) in [6.07, 6.45) is 3.54. The highest BCUT2D eigenvalue weighted by Gasteiger charge is 2.13. The lowest BCUT2D eigenvalue weighted by molar-refractivity contribution is 0.851. The molecular weight excluding hydrogens is 244 g/mol. The van der Waals surface area contributed by atoms with Gasteiger partial charge in [-0.05, 0) is 36.1 Å². The predicted octanol–water partition coefficient (Wildman–Crippen LogP) is 2.89. The van der Waals surface area contributed by atoms with Crippen LogP contribution in [0.5, 0.6) is 0 Å². The summed E-state index contributed by atoms with van der Waals surface area (Å²) < 4.78 is 1.71. The third-order valence-electron chi connectivity index (χ3n) is 2.70. The first kappa shape index (κ1) is 11.0. The SMILES string of the molecule is Cc1ccsc1-c1nn(-c2ccccn2)cc1N. The zero-order valence-corrected chi connectivity index (χ0v) is 10.7. The van der Waals surface area contributed by atoms with Crippen LogP contribution in [0.1, 0.15) is 5.56 Å². The molecular formula is C13H12N4S. The number of hydrogen-bond donors (Lipinski definition) is 1. The number of thiophene rings is 1. The van der Waals surface area contributed by atoms with E-state index in [2.05, 4.69) is 23.1 Å². The van der Waals surface area contributed by atoms with Crippen molar-refractivity contribution in [2.24, 2.45) is 0 Å². The van der Waals surface area contributed by atoms with Gasteiger partial charge >= 0.3 is 0 Å². The molecule has 18 heavy (non-hydrogen) atoms. The Hall–Kier alpha value is -2.14. The molecule has 0 aliphatic carbocycles. The number of aryl methyl sites for hydroxylation is 1. The molecule has 90 valence electrons. The fraction of sp³-hybridized carbons (Fsp3) is 0.0769. The molecule has 0 aliphatic rings. The summed E-state index contributed by atoms with van der Waals surface area (Å²) >= 11 is 1.65. The van der Waals surface area contributed by atoms with E-state index < -0.39 is 0 Å². The average Bonchev–Trinajstić information content (AvgIpc) is 2.96. The molecule has 3 aromatic rings. The number of hydrogen-bond acceptors (Lipinski definition) is 4. The van der Waals surface area contributed by atoms with Crippen LogP contribution in [0.3, 0.4) is 0 Å². The van der Waals surface area contributed by atoms with Crippen LogP contribution in [0, 0.1) is 6.92 Å². The molecule has 3 rings (SSSR count). The van der Waals surface area contributed by atoms with Gasteiger partial charge in [0.05, 0.1) is 16.8 Å². The Morgan fingerprint density at radius 1 is 1.28 bits per heavy atom. The number of rotatable bonds is 2. The van der Waals surface area contributed by atoms with E-state index in [4.69, 9.17) is 5.73 Å². The van der Waals surface area contributed by atoms with E-state index in [0.717, 1.165) is 16.4 Å². The van der Waals surface area contributed by atoms with Gasteiger partial charge in [0.25, 0.3) is 0 Å². The Bertz CT molecular complexity index is 669. The predicted molar refractivity (Wildman–Crippen MR) is 73.8 cm³/mol. The van der Waals surface area contributed by atoms with Gasteiger partial charge in [0.15, 0.2) is 5.82 Å². The lowest BCUT2D eigenvalue weighted by Crippen LogP contribution is -1.97. The Morgan fingerprint density at radius 3 is 2.83 bits per heavy atom. The highest BCUT2D eigenvalue weighted by Crippen LogP contribution is 2.32. The van der Waals surface area contributed by atoms with Crippen LogP contribution >= 0.6 is 11.3 Å². The first-order chi connectivity index (χ1) is 8.75. The first-order valence-electron chi connectivity index (χ1n) is 5.57. The standard InChI is InChI=1S/C13H12N4S/c1-9-5-7-18-13(9)12-10(14)8-17(16-12)11-4-2-3-6-15-11/h2-8H,14H2,1H3. The van der Waals surface area contributed by atoms with Crippen molar-refractivity contribution in [3.8, 4) is 16.4 Å². The van der Waals surface area contributed by atoms with Crippen molar-refractivity contribution in [1.82, 2.24) is 14.8 Å². The molecule has 0 amide bonds. The van der Waals surface area contributed by atoms with Crippen LogP contribution in [0.15, 0.2) is 42.0 Å². The van der Waals surface area contributed by atoms with Crippen molar-refractivity contribution in [2.45, 2.75) is 6.92 Å². The third-order valence-corrected chi connectivity index (χ3v) is 3.73. The van der Waals surface area contributed by atoms with Gasteiger partial charge in [-0.15, -0.1) is 11.3 Å². The van der Waals surface area contributed by atoms with E-state index in [0.29, 0.717) is 5.69 Å². The lowest BCUT2D eigenvalue weighted by atomic mass is 10.2. The normalized spacial score (nSPS) is 10.7. The molecule has 0 saturated heterocycles. The number of nitrogen functional groups attached to an aromatic ring is 1. The van der Waals surface area contributed by atoms with E-state index >= 15 is 0 Å². The van der Waals surface area contributed by atoms with Crippen LogP contribution in [-0.2, 0) is 0 Å². The molecule has 4 nitrogen and oxygen atoms in total. The van der Waals surface area contributed by atoms with Gasteiger partial charge in [-0.25, -0.2) is 9.67 Å². The largest absolute Gasteiger partial charge is 0.396 e. The first-order valence-corrected chi connectivity index (χ1v) is 6.44. The van der Waals surface area contributed by atoms with Crippen LogP contribution in [0.4, 0.5) is 5.69 Å². The summed E-state index contributed by atoms with van der Waals surface area (Å²) in [6, 6.07) is 7.77. The molecule has 0 unspecified atom stereocenters. The fourth-order valence-electron chi connectivity index (χ4n) is 1.79. The molecule has 3 heterocycles. The lowest BCUT2D eigenvalue weighted by Gasteiger charge is -1.98. The second-order valence-electron chi connectivity index (χ2n) is 4.00. The van der Waals surface area contributed by atoms with E-state index in [9.17, 15) is 0 Å². The molecule has 0 atom stereocenters. The van der Waals surface area contributed by atoms with Crippen LogP contribution in [0.25, 0.3) is 16.4 Å². The minimum Gasteiger partial charge on any atom is -0.396 e. The minimum absolute atomic E-state index is 0.672. The Labute approximate surface area is 109 Å². The highest BCUT2D eigenvalue weighted by molar-refractivity contribution is 7.13. The van der Waals surface area contributed by atoms with Crippen molar-refractivity contribution >= 4 is 17.0 Å². The van der Waals surface area contributed by atoms with Crippen molar-refractivity contribution in [3.05, 3.63) is 47.6 Å². The summed E-state index contributed by atoms with van der Waals surface area (Å²) in [7, 11) is 0. The molecule has 0 spiro atoms. The van der Waals surface area contributed by atoms with Gasteiger partial charge in [0.2, 0.25) is 0 Å². The molecule has 0 aromatic carbocycles. The Kier molecular flexibility index (Phi) is 2.60. The molecule has 0 saturated carbocycles. The Balaban J connectivity index is 2.10. The van der Waals surface area contributed by atoms with Crippen molar-refractivity contribution in [3.63, 3.8) is 0 Å². The van der Waals surface area contributed by atoms with Gasteiger partial charge in [-0.2, -0.15) is 5.10 Å². The zero-order chi connectivity index (χ0) is 12.5. The molecule has 0 radical (unpaired) electrons. The summed E-state index contributed by atoms with van der Waals surface area (Å²) in [4.78, 5) is 5.37. The van der Waals surface area contributed by atoms with Crippen LogP contribution in [-0.4, -0.2) is 14.8 Å². The minimum atomic E-state index is 0.672. The fourth-order valence-corrected chi connectivity index (χ4v) is 2.72. The zero-order valence-electron chi connectivity index (χ0n) is 9.87. The van der Waals surface area contributed by atoms with Crippen LogP contribution < -0.4 is 5.73 Å². The molecule has 0 bridgehead atoms. The third kappa shape index (κ3) is 1.78. The average molecular weight is 256 g/mol. The highest BCUT2D eigenvalue weighted by atomic mass is 32.1. The van der Waals surface area contributed by atoms with Crippen molar-refractivity contribution < 1.29 is 0 Å². The topological polar surface area (TPSA) is 56.7 Å². The second kappa shape index (κ2) is 4.27. The molecule has 0 aliphatic heterocycles. The molecule has 0 fully saturated rings. The van der Waals surface area contributed by atoms with Crippen LogP contribution in [0.2, 0.25) is 0 Å². The number of nitrogens with two attached hydrogens (primary N) is 1. The number of pyridine rings is 1. The van der Waals surface area contributed by atoms with Gasteiger partial charge in [-0.1, -0.05) is 6.07 Å². The summed E-state index contributed by atoms with van der Waals surface area (Å²) in [6.45, 7) is 2.06. The summed E-state index contributed by atoms with van der Waals surface area (Å²) in [5, 5.41) is 6.57. The van der Waals surface area contributed by atoms with E-state index in [1.165, 1.54) is 5.56 Å². The van der Waals surface area contributed by atoms with E-state index in [-0.39, 0.29) is 0 Å². The van der Waals surface area contributed by atoms with Gasteiger partial charge < -0.3 is 5.73 Å². The maximum absolute atomic E-state index is 6.03. The van der Waals surface area contributed by atoms with Gasteiger partial charge in [0.1, 0.15) is 5.69 Å². The van der Waals surface area contributed by atoms with Crippen molar-refractivity contribution in [2.75, 3.05) is 5.73 Å².